The summed E-state index contributed by atoms with van der Waals surface area (Å²) in [5.41, 5.74) is 0. The molecule has 1 aliphatic heterocycles. The molecule has 1 rings (SSSR count). The van der Waals surface area contributed by atoms with Gasteiger partial charge in [-0.15, -0.1) is 0 Å². The third-order valence-corrected chi connectivity index (χ3v) is 7.16. The summed E-state index contributed by atoms with van der Waals surface area (Å²) < 4.78 is 6.09. The number of rotatable bonds is 3. The molecule has 0 saturated heterocycles. The molecule has 4 nitrogen and oxygen atoms in total. The van der Waals surface area contributed by atoms with Gasteiger partial charge in [-0.3, -0.25) is 0 Å². The van der Waals surface area contributed by atoms with Crippen LogP contribution in [0.4, 0.5) is 0 Å². The van der Waals surface area contributed by atoms with E-state index in [1.54, 1.807) is 11.9 Å². The minimum atomic E-state index is -0.876. The van der Waals surface area contributed by atoms with E-state index in [2.05, 4.69) is 0 Å². The first-order valence-electron chi connectivity index (χ1n) is 3.80. The van der Waals surface area contributed by atoms with Crippen LogP contribution in [0.15, 0.2) is 18.9 Å². The zero-order valence-corrected chi connectivity index (χ0v) is 10.8. The van der Waals surface area contributed by atoms with Gasteiger partial charge in [0, 0.05) is 0 Å². The van der Waals surface area contributed by atoms with Gasteiger partial charge in [0.1, 0.15) is 0 Å². The molecule has 0 aromatic carbocycles. The molecule has 0 spiro atoms. The summed E-state index contributed by atoms with van der Waals surface area (Å²) in [7, 11) is 0. The molecule has 1 N–H and O–H groups in total. The number of carboxylic acids is 1. The number of carbonyl (C=O) groups is 2. The maximum absolute atomic E-state index is 11.0. The second-order valence-corrected chi connectivity index (χ2v) is 7.72. The number of carboxylic acid groups (broad SMARTS) is 1. The Hall–Kier alpha value is -0.541. The van der Waals surface area contributed by atoms with Crippen LogP contribution >= 0.6 is 0 Å². The van der Waals surface area contributed by atoms with Gasteiger partial charge in [-0.25, -0.2) is 0 Å². The minimum absolute atomic E-state index is 0.0144. The Bertz CT molecular complexity index is 319. The number of esters is 1. The molecular formula is C8H8O4Se2. The third kappa shape index (κ3) is 3.31. The summed E-state index contributed by atoms with van der Waals surface area (Å²) in [5, 5.41) is 8.68. The normalized spacial score (nSPS) is 18.1. The van der Waals surface area contributed by atoms with E-state index >= 15 is 0 Å². The molecule has 0 atom stereocenters. The van der Waals surface area contributed by atoms with Crippen LogP contribution in [0.5, 0.6) is 0 Å². The molecule has 1 aliphatic rings. The van der Waals surface area contributed by atoms with Crippen LogP contribution in [0.1, 0.15) is 6.92 Å². The molecule has 0 radical (unpaired) electrons. The zero-order valence-electron chi connectivity index (χ0n) is 7.35. The van der Waals surface area contributed by atoms with E-state index < -0.39 is 5.97 Å². The van der Waals surface area contributed by atoms with Crippen LogP contribution in [0.3, 0.4) is 0 Å². The predicted octanol–water partition coefficient (Wildman–Crippen LogP) is -0.261. The molecule has 0 bridgehead atoms. The van der Waals surface area contributed by atoms with Gasteiger partial charge in [0.2, 0.25) is 0 Å². The quantitative estimate of drug-likeness (QED) is 0.441. The van der Waals surface area contributed by atoms with Gasteiger partial charge in [0.25, 0.3) is 0 Å². The van der Waals surface area contributed by atoms with E-state index in [4.69, 9.17) is 9.84 Å². The molecule has 0 aromatic heterocycles. The zero-order chi connectivity index (χ0) is 10.6. The fourth-order valence-electron chi connectivity index (χ4n) is 0.706. The molecule has 14 heavy (non-hydrogen) atoms. The first-order chi connectivity index (χ1) is 6.63. The number of ether oxygens (including phenoxy) is 1. The van der Waals surface area contributed by atoms with Crippen LogP contribution in [0.2, 0.25) is 0 Å². The standard InChI is InChI=1S/C8H8O4Se2/c1-2-12-6(9)3-7-13-4-5(14-7)8(10)11/h3-4H,2H2,1H3,(H,10,11). The average Bonchev–Trinajstić information content (AvgIpc) is 2.53. The molecule has 0 saturated carbocycles. The summed E-state index contributed by atoms with van der Waals surface area (Å²) in [6.07, 6.45) is 1.43. The van der Waals surface area contributed by atoms with Crippen LogP contribution in [-0.4, -0.2) is 53.6 Å². The van der Waals surface area contributed by atoms with Crippen molar-refractivity contribution in [2.24, 2.45) is 0 Å². The van der Waals surface area contributed by atoms with Gasteiger partial charge in [-0.2, -0.15) is 0 Å². The van der Waals surface area contributed by atoms with Crippen LogP contribution in [0, 0.1) is 0 Å². The number of hydrogen-bond acceptors (Lipinski definition) is 3. The Balaban J connectivity index is 2.53. The monoisotopic (exact) mass is 328 g/mol. The number of hydrogen-bond donors (Lipinski definition) is 1. The van der Waals surface area contributed by atoms with Crippen LogP contribution in [-0.2, 0) is 14.3 Å². The van der Waals surface area contributed by atoms with Gasteiger partial charge in [0.05, 0.1) is 0 Å². The van der Waals surface area contributed by atoms with Gasteiger partial charge < -0.3 is 0 Å². The molecule has 0 fully saturated rings. The van der Waals surface area contributed by atoms with Gasteiger partial charge in [-0.1, -0.05) is 0 Å². The van der Waals surface area contributed by atoms with Crippen molar-refractivity contribution >= 4 is 41.9 Å². The number of carbonyl (C=O) groups excluding carboxylic acids is 1. The summed E-state index contributed by atoms with van der Waals surface area (Å²) in [6.45, 7) is 2.09. The Morgan fingerprint density at radius 1 is 1.64 bits per heavy atom. The van der Waals surface area contributed by atoms with Crippen molar-refractivity contribution in [2.45, 2.75) is 6.92 Å². The van der Waals surface area contributed by atoms with Crippen molar-refractivity contribution in [3.05, 3.63) is 18.9 Å². The molecule has 76 valence electrons. The van der Waals surface area contributed by atoms with Crippen molar-refractivity contribution in [3.63, 3.8) is 0 Å². The topological polar surface area (TPSA) is 63.6 Å². The summed E-state index contributed by atoms with van der Waals surface area (Å²) in [4.78, 5) is 23.3. The maximum atomic E-state index is 11.0. The van der Waals surface area contributed by atoms with E-state index in [0.29, 0.717) is 11.1 Å². The van der Waals surface area contributed by atoms with Crippen molar-refractivity contribution in [1.82, 2.24) is 0 Å². The molecule has 1 heterocycles. The number of aliphatic carboxylic acids is 1. The van der Waals surface area contributed by atoms with Crippen molar-refractivity contribution in [2.75, 3.05) is 6.61 Å². The van der Waals surface area contributed by atoms with E-state index in [9.17, 15) is 9.59 Å². The Labute approximate surface area is 93.7 Å². The van der Waals surface area contributed by atoms with E-state index in [1.165, 1.54) is 6.08 Å². The molecule has 0 unspecified atom stereocenters. The molecular weight excluding hydrogens is 318 g/mol. The molecule has 6 heteroatoms. The van der Waals surface area contributed by atoms with Gasteiger partial charge in [0.15, 0.2) is 0 Å². The van der Waals surface area contributed by atoms with Gasteiger partial charge in [-0.05, 0) is 0 Å². The van der Waals surface area contributed by atoms with Crippen molar-refractivity contribution < 1.29 is 19.4 Å². The van der Waals surface area contributed by atoms with Crippen molar-refractivity contribution in [1.29, 1.82) is 0 Å². The Kier molecular flexibility index (Phi) is 4.42. The Morgan fingerprint density at radius 2 is 2.36 bits per heavy atom. The molecule has 0 aromatic rings. The van der Waals surface area contributed by atoms with Crippen LogP contribution < -0.4 is 0 Å². The summed E-state index contributed by atoms with van der Waals surface area (Å²) >= 11 is -0.181. The van der Waals surface area contributed by atoms with E-state index in [0.717, 1.165) is 3.37 Å². The van der Waals surface area contributed by atoms with E-state index in [1.807, 2.05) is 0 Å². The first kappa shape index (κ1) is 11.5. The summed E-state index contributed by atoms with van der Waals surface area (Å²) in [6, 6.07) is 0. The fourth-order valence-corrected chi connectivity index (χ4v) is 5.97. The fraction of sp³-hybridized carbons (Fsp3) is 0.250. The van der Waals surface area contributed by atoms with Crippen LogP contribution in [0.25, 0.3) is 0 Å². The van der Waals surface area contributed by atoms with Gasteiger partial charge >= 0.3 is 93.7 Å². The predicted molar refractivity (Wildman–Crippen MR) is 51.9 cm³/mol. The third-order valence-electron chi connectivity index (χ3n) is 1.23. The Morgan fingerprint density at radius 3 is 2.86 bits per heavy atom. The molecule has 0 aliphatic carbocycles. The molecule has 0 amide bonds. The van der Waals surface area contributed by atoms with Crippen molar-refractivity contribution in [3.8, 4) is 0 Å². The SMILES string of the molecule is CCOC(=O)C=C1[Se]C=C(C(=O)O)[Se]1. The summed E-state index contributed by atoms with van der Waals surface area (Å²) in [5.74, 6) is -1.24. The van der Waals surface area contributed by atoms with E-state index in [-0.39, 0.29) is 35.9 Å². The average molecular weight is 326 g/mol. The second kappa shape index (κ2) is 5.37. The second-order valence-electron chi connectivity index (χ2n) is 2.22. The first-order valence-corrected chi connectivity index (χ1v) is 7.35.